The number of fused-ring (bicyclic) bond motifs is 4. The summed E-state index contributed by atoms with van der Waals surface area (Å²) in [4.78, 5) is 13.9. The molecule has 0 saturated carbocycles. The van der Waals surface area contributed by atoms with Gasteiger partial charge in [0.25, 0.3) is 0 Å². The topological polar surface area (TPSA) is 56.7 Å². The third-order valence-electron chi connectivity index (χ3n) is 7.85. The molecule has 0 aliphatic heterocycles. The van der Waals surface area contributed by atoms with Crippen LogP contribution in [0.3, 0.4) is 0 Å². The summed E-state index contributed by atoms with van der Waals surface area (Å²) >= 11 is -1.97. The Balaban J connectivity index is 0.000000241. The van der Waals surface area contributed by atoms with Crippen LogP contribution in [-0.2, 0) is 20.1 Å². The molecule has 8 aromatic rings. The van der Waals surface area contributed by atoms with Crippen molar-refractivity contribution in [1.82, 2.24) is 19.5 Å². The number of nitrogens with zero attached hydrogens (tertiary/aromatic N) is 4. The van der Waals surface area contributed by atoms with Crippen LogP contribution >= 0.6 is 0 Å². The summed E-state index contributed by atoms with van der Waals surface area (Å²) in [6.45, 7) is 1.99. The Labute approximate surface area is 285 Å². The molecule has 4 aromatic carbocycles. The number of imidazole rings is 1. The average molecular weight is 838 g/mol. The monoisotopic (exact) mass is 839 g/mol. The standard InChI is InChI=1S/C28H24GeN3O.C11H8N.Ir/c1-18-13-16-24-27(30-18)31-28(32(24)20-9-6-5-7-10-20)23-12-8-11-22-21-15-14-19(29(2,3)4)17-25(21)33-26(22)23;1-2-6-10(7-3-1)11-8-4-5-9-12-11;/h5-11,13-17H,1-4H3;1-6,8-9H;/q2*-1;. The number of furan rings is 1. The van der Waals surface area contributed by atoms with Gasteiger partial charge in [-0.2, -0.15) is 0 Å². The molecule has 0 spiro atoms. The van der Waals surface area contributed by atoms with Gasteiger partial charge in [0.1, 0.15) is 0 Å². The van der Waals surface area contributed by atoms with Crippen molar-refractivity contribution in [3.63, 3.8) is 0 Å². The summed E-state index contributed by atoms with van der Waals surface area (Å²) in [7, 11) is 0. The van der Waals surface area contributed by atoms with Gasteiger partial charge in [0, 0.05) is 26.3 Å². The maximum atomic E-state index is 6.51. The second-order valence-electron chi connectivity index (χ2n) is 12.1. The van der Waals surface area contributed by atoms with E-state index >= 15 is 0 Å². The summed E-state index contributed by atoms with van der Waals surface area (Å²) in [5.74, 6) is 7.99. The Hall–Kier alpha value is -4.36. The summed E-state index contributed by atoms with van der Waals surface area (Å²) < 4.78 is 10.1. The van der Waals surface area contributed by atoms with Crippen molar-refractivity contribution >= 4 is 50.8 Å². The smallest absolute Gasteiger partial charge is 0.0160 e. The summed E-state index contributed by atoms with van der Waals surface area (Å²) in [6.07, 6.45) is 1.79. The SMILES string of the molecule is Cc1ccc2c(n1)nc(-c1[c-]ccc3c1oc1c[c]([Ge]([CH3])([CH3])[CH3])ccc13)n2-c1ccccc1.[Ir].[c-]1ccccc1-c1ccccn1. The van der Waals surface area contributed by atoms with Crippen LogP contribution in [-0.4, -0.2) is 32.8 Å². The molecular weight excluding hydrogens is 805 g/mol. The van der Waals surface area contributed by atoms with Crippen LogP contribution in [0.1, 0.15) is 5.69 Å². The average Bonchev–Trinajstić information content (AvgIpc) is 3.64. The number of pyridine rings is 2. The van der Waals surface area contributed by atoms with E-state index in [4.69, 9.17) is 14.4 Å². The fourth-order valence-electron chi connectivity index (χ4n) is 5.51. The van der Waals surface area contributed by atoms with Gasteiger partial charge in [-0.25, -0.2) is 0 Å². The zero-order valence-electron chi connectivity index (χ0n) is 26.1. The van der Waals surface area contributed by atoms with Gasteiger partial charge in [-0.3, -0.25) is 0 Å². The largest absolute Gasteiger partial charge is 0.305 e. The van der Waals surface area contributed by atoms with E-state index in [-0.39, 0.29) is 20.1 Å². The van der Waals surface area contributed by atoms with Crippen molar-refractivity contribution in [3.8, 4) is 28.3 Å². The van der Waals surface area contributed by atoms with E-state index in [2.05, 4.69) is 81.4 Å². The van der Waals surface area contributed by atoms with Gasteiger partial charge >= 0.3 is 196 Å². The van der Waals surface area contributed by atoms with E-state index in [0.29, 0.717) is 0 Å². The van der Waals surface area contributed by atoms with Crippen molar-refractivity contribution in [3.05, 3.63) is 139 Å². The Bertz CT molecular complexity index is 2220. The van der Waals surface area contributed by atoms with Crippen LogP contribution in [0.15, 0.2) is 126 Å². The molecule has 8 rings (SSSR count). The van der Waals surface area contributed by atoms with E-state index in [1.807, 2.05) is 79.7 Å². The number of rotatable bonds is 4. The molecule has 0 bridgehead atoms. The van der Waals surface area contributed by atoms with Crippen molar-refractivity contribution in [1.29, 1.82) is 0 Å². The molecule has 7 heteroatoms. The predicted molar refractivity (Wildman–Crippen MR) is 187 cm³/mol. The molecule has 0 atom stereocenters. The normalized spacial score (nSPS) is 11.3. The first-order chi connectivity index (χ1) is 21.9. The Morgan fingerprint density at radius 1 is 0.739 bits per heavy atom. The van der Waals surface area contributed by atoms with E-state index < -0.39 is 13.3 Å². The quantitative estimate of drug-likeness (QED) is 0.131. The molecule has 0 fully saturated rings. The zero-order chi connectivity index (χ0) is 31.0. The molecule has 0 aliphatic carbocycles. The fourth-order valence-corrected chi connectivity index (χ4v) is 7.92. The number of aromatic nitrogens is 4. The van der Waals surface area contributed by atoms with Crippen molar-refractivity contribution < 1.29 is 24.5 Å². The molecule has 4 aromatic heterocycles. The van der Waals surface area contributed by atoms with Gasteiger partial charge in [-0.1, -0.05) is 12.1 Å². The maximum Gasteiger partial charge on any atom is 0.0160 e. The van der Waals surface area contributed by atoms with Crippen molar-refractivity contribution in [2.45, 2.75) is 24.2 Å². The maximum absolute atomic E-state index is 6.51. The summed E-state index contributed by atoms with van der Waals surface area (Å²) in [5, 5.41) is 2.22. The first-order valence-electron chi connectivity index (χ1n) is 15.0. The van der Waals surface area contributed by atoms with Crippen LogP contribution in [0.2, 0.25) is 17.3 Å². The van der Waals surface area contributed by atoms with Gasteiger partial charge in [-0.05, 0) is 11.8 Å². The fraction of sp³-hybridized carbons (Fsp3) is 0.103. The molecule has 0 amide bonds. The number of para-hydroxylation sites is 1. The first kappa shape index (κ1) is 31.6. The predicted octanol–water partition coefficient (Wildman–Crippen LogP) is 9.19. The van der Waals surface area contributed by atoms with Crippen LogP contribution in [0.25, 0.3) is 61.4 Å². The van der Waals surface area contributed by atoms with Crippen LogP contribution in [0.5, 0.6) is 0 Å². The second-order valence-corrected chi connectivity index (χ2v) is 22.7. The van der Waals surface area contributed by atoms with Gasteiger partial charge in [0.15, 0.2) is 0 Å². The number of hydrogen-bond donors (Lipinski definition) is 0. The van der Waals surface area contributed by atoms with Crippen molar-refractivity contribution in [2.24, 2.45) is 0 Å². The van der Waals surface area contributed by atoms with Gasteiger partial charge in [0.2, 0.25) is 0 Å². The molecule has 4 heterocycles. The molecule has 0 aliphatic rings. The molecule has 46 heavy (non-hydrogen) atoms. The summed E-state index contributed by atoms with van der Waals surface area (Å²) in [6, 6.07) is 45.4. The third-order valence-corrected chi connectivity index (χ3v) is 12.1. The minimum absolute atomic E-state index is 0. The second kappa shape index (κ2) is 13.2. The molecule has 0 saturated heterocycles. The van der Waals surface area contributed by atoms with E-state index in [1.165, 1.54) is 4.40 Å². The van der Waals surface area contributed by atoms with Crippen LogP contribution in [0.4, 0.5) is 0 Å². The van der Waals surface area contributed by atoms with E-state index in [1.54, 1.807) is 6.20 Å². The molecule has 0 N–H and O–H groups in total. The third kappa shape index (κ3) is 6.21. The molecule has 229 valence electrons. The summed E-state index contributed by atoms with van der Waals surface area (Å²) in [5.41, 5.74) is 8.27. The molecule has 5 nitrogen and oxygen atoms in total. The number of benzene rings is 4. The number of aryl methyl sites for hydroxylation is 1. The van der Waals surface area contributed by atoms with E-state index in [9.17, 15) is 0 Å². The molecule has 1 radical (unpaired) electrons. The van der Waals surface area contributed by atoms with Crippen LogP contribution < -0.4 is 4.40 Å². The van der Waals surface area contributed by atoms with Crippen molar-refractivity contribution in [2.75, 3.05) is 0 Å². The van der Waals surface area contributed by atoms with Crippen LogP contribution in [0, 0.1) is 19.1 Å². The minimum Gasteiger partial charge on any atom is -0.305 e. The zero-order valence-corrected chi connectivity index (χ0v) is 30.6. The molecule has 0 unspecified atom stereocenters. The Morgan fingerprint density at radius 3 is 2.28 bits per heavy atom. The molecular formula is C39H32GeIrN4O-2. The van der Waals surface area contributed by atoms with Gasteiger partial charge in [-0.15, -0.1) is 35.9 Å². The minimum atomic E-state index is -1.97. The van der Waals surface area contributed by atoms with Gasteiger partial charge in [0.05, 0.1) is 0 Å². The Morgan fingerprint density at radius 2 is 1.54 bits per heavy atom. The van der Waals surface area contributed by atoms with E-state index in [0.717, 1.165) is 67.1 Å². The van der Waals surface area contributed by atoms with Gasteiger partial charge < -0.3 is 4.98 Å². The number of hydrogen-bond acceptors (Lipinski definition) is 4. The Kier molecular flexibility index (Phi) is 9.05. The first-order valence-corrected chi connectivity index (χ1v) is 22.4.